The zero-order valence-electron chi connectivity index (χ0n) is 15.0. The predicted octanol–water partition coefficient (Wildman–Crippen LogP) is 3.13. The Kier molecular flexibility index (Phi) is 6.41. The Morgan fingerprint density at radius 1 is 1.37 bits per heavy atom. The molecule has 0 radical (unpaired) electrons. The van der Waals surface area contributed by atoms with Crippen LogP contribution in [0.2, 0.25) is 0 Å². The van der Waals surface area contributed by atoms with E-state index in [0.717, 1.165) is 4.88 Å². The first-order chi connectivity index (χ1) is 13.0. The van der Waals surface area contributed by atoms with Gasteiger partial charge in [0, 0.05) is 23.5 Å². The summed E-state index contributed by atoms with van der Waals surface area (Å²) in [5.74, 6) is -0.659. The zero-order chi connectivity index (χ0) is 19.2. The number of carbonyl (C=O) groups excluding carboxylic acids is 2. The molecule has 1 aromatic carbocycles. The Labute approximate surface area is 161 Å². The molecule has 6 nitrogen and oxygen atoms in total. The topological polar surface area (TPSA) is 70.7 Å². The minimum Gasteiger partial charge on any atom is -0.377 e. The van der Waals surface area contributed by atoms with Gasteiger partial charge in [-0.2, -0.15) is 0 Å². The van der Waals surface area contributed by atoms with E-state index in [4.69, 9.17) is 4.74 Å². The van der Waals surface area contributed by atoms with Crippen molar-refractivity contribution < 1.29 is 18.7 Å². The average molecular weight is 391 g/mol. The van der Waals surface area contributed by atoms with E-state index in [-0.39, 0.29) is 30.2 Å². The summed E-state index contributed by atoms with van der Waals surface area (Å²) in [6.07, 6.45) is 0.0852. The van der Waals surface area contributed by atoms with Gasteiger partial charge in [-0.25, -0.2) is 9.18 Å². The van der Waals surface area contributed by atoms with Gasteiger partial charge in [-0.1, -0.05) is 12.1 Å². The van der Waals surface area contributed by atoms with E-state index >= 15 is 0 Å². The normalized spacial score (nSPS) is 16.8. The molecule has 0 saturated carbocycles. The molecule has 1 aromatic heterocycles. The van der Waals surface area contributed by atoms with Crippen LogP contribution in [0.15, 0.2) is 35.7 Å². The molecule has 144 valence electrons. The lowest BCUT2D eigenvalue weighted by Gasteiger charge is -2.35. The van der Waals surface area contributed by atoms with Crippen LogP contribution in [0.25, 0.3) is 0 Å². The summed E-state index contributed by atoms with van der Waals surface area (Å²) in [6, 6.07) is 7.86. The molecule has 1 saturated heterocycles. The second-order valence-electron chi connectivity index (χ2n) is 6.38. The third-order valence-corrected chi connectivity index (χ3v) is 5.24. The van der Waals surface area contributed by atoms with Crippen LogP contribution in [0.1, 0.15) is 16.9 Å². The van der Waals surface area contributed by atoms with Crippen LogP contribution in [0, 0.1) is 12.7 Å². The summed E-state index contributed by atoms with van der Waals surface area (Å²) < 4.78 is 19.1. The van der Waals surface area contributed by atoms with Crippen LogP contribution in [0.3, 0.4) is 0 Å². The first kappa shape index (κ1) is 19.3. The number of hydrogen-bond acceptors (Lipinski definition) is 4. The first-order valence-corrected chi connectivity index (χ1v) is 9.61. The minimum atomic E-state index is -0.372. The highest BCUT2D eigenvalue weighted by molar-refractivity contribution is 7.09. The van der Waals surface area contributed by atoms with Crippen molar-refractivity contribution in [3.8, 4) is 0 Å². The summed E-state index contributed by atoms with van der Waals surface area (Å²) in [7, 11) is 0. The quantitative estimate of drug-likeness (QED) is 0.823. The Morgan fingerprint density at radius 3 is 2.96 bits per heavy atom. The van der Waals surface area contributed by atoms with Gasteiger partial charge in [-0.05, 0) is 36.1 Å². The minimum absolute atomic E-state index is 0.0852. The molecule has 8 heteroatoms. The summed E-state index contributed by atoms with van der Waals surface area (Å²) in [5.41, 5.74) is 0.913. The number of halogens is 1. The molecular weight excluding hydrogens is 369 g/mol. The van der Waals surface area contributed by atoms with E-state index in [0.29, 0.717) is 37.6 Å². The van der Waals surface area contributed by atoms with E-state index in [1.807, 2.05) is 17.5 Å². The molecule has 0 aliphatic carbocycles. The molecule has 1 atom stereocenters. The van der Waals surface area contributed by atoms with Crippen LogP contribution in [-0.2, 0) is 16.1 Å². The monoisotopic (exact) mass is 391 g/mol. The highest BCUT2D eigenvalue weighted by Crippen LogP contribution is 2.16. The number of anilines is 1. The third-order valence-electron chi connectivity index (χ3n) is 4.36. The van der Waals surface area contributed by atoms with Crippen molar-refractivity contribution in [3.05, 3.63) is 52.0 Å². The molecule has 1 aliphatic heterocycles. The molecule has 1 aliphatic rings. The van der Waals surface area contributed by atoms with E-state index in [2.05, 4.69) is 10.6 Å². The highest BCUT2D eigenvalue weighted by atomic mass is 32.1. The first-order valence-electron chi connectivity index (χ1n) is 8.73. The van der Waals surface area contributed by atoms with Gasteiger partial charge in [0.25, 0.3) is 0 Å². The van der Waals surface area contributed by atoms with Gasteiger partial charge in [0.1, 0.15) is 5.82 Å². The fourth-order valence-corrected chi connectivity index (χ4v) is 3.51. The lowest BCUT2D eigenvalue weighted by Crippen LogP contribution is -2.53. The Hall–Kier alpha value is -2.45. The highest BCUT2D eigenvalue weighted by Gasteiger charge is 2.29. The number of benzene rings is 1. The van der Waals surface area contributed by atoms with Gasteiger partial charge in [0.15, 0.2) is 0 Å². The number of hydrogen-bond donors (Lipinski definition) is 2. The average Bonchev–Trinajstić information content (AvgIpc) is 3.17. The molecule has 1 unspecified atom stereocenters. The third kappa shape index (κ3) is 5.27. The van der Waals surface area contributed by atoms with Gasteiger partial charge >= 0.3 is 6.03 Å². The number of nitrogens with zero attached hydrogens (tertiary/aromatic N) is 1. The molecule has 1 fully saturated rings. The predicted molar refractivity (Wildman–Crippen MR) is 102 cm³/mol. The SMILES string of the molecule is Cc1ccc(NC(=O)CC2COCCN2C(=O)NCc2cccs2)cc1F. The van der Waals surface area contributed by atoms with Crippen LogP contribution in [0.4, 0.5) is 14.9 Å². The van der Waals surface area contributed by atoms with Crippen LogP contribution in [0.5, 0.6) is 0 Å². The molecule has 2 N–H and O–H groups in total. The van der Waals surface area contributed by atoms with Gasteiger partial charge < -0.3 is 20.3 Å². The Bertz CT molecular complexity index is 798. The van der Waals surface area contributed by atoms with Gasteiger partial charge in [0.2, 0.25) is 5.91 Å². The van der Waals surface area contributed by atoms with Gasteiger partial charge in [-0.15, -0.1) is 11.3 Å². The maximum absolute atomic E-state index is 13.6. The second kappa shape index (κ2) is 8.96. The summed E-state index contributed by atoms with van der Waals surface area (Å²) in [6.45, 7) is 3.27. The van der Waals surface area contributed by atoms with Crippen LogP contribution < -0.4 is 10.6 Å². The molecule has 27 heavy (non-hydrogen) atoms. The molecule has 0 bridgehead atoms. The van der Waals surface area contributed by atoms with Crippen molar-refractivity contribution in [1.29, 1.82) is 0 Å². The van der Waals surface area contributed by atoms with Crippen molar-refractivity contribution in [2.75, 3.05) is 25.1 Å². The number of rotatable bonds is 5. The maximum Gasteiger partial charge on any atom is 0.318 e. The summed E-state index contributed by atoms with van der Waals surface area (Å²) in [4.78, 5) is 27.5. The van der Waals surface area contributed by atoms with Crippen molar-refractivity contribution >= 4 is 29.0 Å². The van der Waals surface area contributed by atoms with Crippen molar-refractivity contribution in [3.63, 3.8) is 0 Å². The van der Waals surface area contributed by atoms with Crippen LogP contribution >= 0.6 is 11.3 Å². The van der Waals surface area contributed by atoms with E-state index in [1.165, 1.54) is 6.07 Å². The zero-order valence-corrected chi connectivity index (χ0v) is 15.9. The van der Waals surface area contributed by atoms with E-state index in [1.54, 1.807) is 35.3 Å². The smallest absolute Gasteiger partial charge is 0.318 e. The fourth-order valence-electron chi connectivity index (χ4n) is 2.87. The van der Waals surface area contributed by atoms with Crippen molar-refractivity contribution in [2.45, 2.75) is 25.9 Å². The van der Waals surface area contributed by atoms with E-state index in [9.17, 15) is 14.0 Å². The molecule has 3 amide bonds. The summed E-state index contributed by atoms with van der Waals surface area (Å²) >= 11 is 1.57. The molecule has 2 aromatic rings. The lowest BCUT2D eigenvalue weighted by atomic mass is 10.1. The number of aryl methyl sites for hydroxylation is 1. The van der Waals surface area contributed by atoms with Gasteiger partial charge in [-0.3, -0.25) is 4.79 Å². The number of thiophene rings is 1. The van der Waals surface area contributed by atoms with Crippen molar-refractivity contribution in [2.24, 2.45) is 0 Å². The number of ether oxygens (including phenoxy) is 1. The van der Waals surface area contributed by atoms with Crippen LogP contribution in [-0.4, -0.2) is 42.6 Å². The second-order valence-corrected chi connectivity index (χ2v) is 7.41. The maximum atomic E-state index is 13.6. The summed E-state index contributed by atoms with van der Waals surface area (Å²) in [5, 5.41) is 7.52. The fraction of sp³-hybridized carbons (Fsp3) is 0.368. The van der Waals surface area contributed by atoms with E-state index < -0.39 is 0 Å². The van der Waals surface area contributed by atoms with Gasteiger partial charge in [0.05, 0.1) is 25.8 Å². The standard InChI is InChI=1S/C19H22FN3O3S/c1-13-4-5-14(9-17(13)20)22-18(24)10-15-12-26-7-6-23(15)19(25)21-11-16-3-2-8-27-16/h2-5,8-9,15H,6-7,10-12H2,1H3,(H,21,25)(H,22,24). The number of urea groups is 1. The largest absolute Gasteiger partial charge is 0.377 e. The van der Waals surface area contributed by atoms with Crippen molar-refractivity contribution in [1.82, 2.24) is 10.2 Å². The molecule has 3 rings (SSSR count). The Morgan fingerprint density at radius 2 is 2.22 bits per heavy atom. The lowest BCUT2D eigenvalue weighted by molar-refractivity contribution is -0.118. The number of carbonyl (C=O) groups is 2. The Balaban J connectivity index is 1.56. The number of amides is 3. The molecule has 2 heterocycles. The number of nitrogens with one attached hydrogen (secondary N) is 2. The molecule has 0 spiro atoms. The number of morpholine rings is 1. The molecular formula is C19H22FN3O3S.